The van der Waals surface area contributed by atoms with E-state index in [9.17, 15) is 9.59 Å². The van der Waals surface area contributed by atoms with E-state index in [4.69, 9.17) is 5.11 Å². The van der Waals surface area contributed by atoms with Crippen molar-refractivity contribution in [2.75, 3.05) is 0 Å². The summed E-state index contributed by atoms with van der Waals surface area (Å²) in [6, 6.07) is 7.29. The van der Waals surface area contributed by atoms with Gasteiger partial charge in [0.25, 0.3) is 5.91 Å². The second-order valence-corrected chi connectivity index (χ2v) is 3.90. The number of carboxylic acids is 1. The zero-order valence-electron chi connectivity index (χ0n) is 10.1. The van der Waals surface area contributed by atoms with Crippen molar-refractivity contribution in [2.24, 2.45) is 0 Å². The largest absolute Gasteiger partial charge is 0.479 e. The molecule has 1 aromatic carbocycles. The first-order valence-corrected chi connectivity index (χ1v) is 5.55. The number of benzene rings is 1. The van der Waals surface area contributed by atoms with E-state index < -0.39 is 17.9 Å². The predicted molar refractivity (Wildman–Crippen MR) is 65.4 cm³/mol. The summed E-state index contributed by atoms with van der Waals surface area (Å²) in [6.45, 7) is 1.65. The first kappa shape index (κ1) is 12.7. The normalized spacial score (nSPS) is 11.8. The maximum atomic E-state index is 11.8. The molecule has 0 aliphatic heterocycles. The Hall–Kier alpha value is -2.70. The van der Waals surface area contributed by atoms with Crippen LogP contribution in [0.15, 0.2) is 30.3 Å². The van der Waals surface area contributed by atoms with Crippen LogP contribution >= 0.6 is 0 Å². The van der Waals surface area contributed by atoms with Gasteiger partial charge in [0.1, 0.15) is 5.82 Å². The molecular weight excluding hydrogens is 248 g/mol. The lowest BCUT2D eigenvalue weighted by Crippen LogP contribution is -2.34. The first-order valence-electron chi connectivity index (χ1n) is 5.55. The second kappa shape index (κ2) is 5.30. The molecule has 0 saturated carbocycles. The van der Waals surface area contributed by atoms with Gasteiger partial charge in [0.2, 0.25) is 5.82 Å². The van der Waals surface area contributed by atoms with Crippen molar-refractivity contribution >= 4 is 11.9 Å². The molecule has 19 heavy (non-hydrogen) atoms. The molecular formula is C12H12N4O3. The van der Waals surface area contributed by atoms with Crippen molar-refractivity contribution in [3.8, 4) is 0 Å². The van der Waals surface area contributed by atoms with Gasteiger partial charge in [-0.15, -0.1) is 5.10 Å². The number of hydrogen-bond acceptors (Lipinski definition) is 4. The van der Waals surface area contributed by atoms with Gasteiger partial charge in [0, 0.05) is 0 Å². The third-order valence-electron chi connectivity index (χ3n) is 2.46. The van der Waals surface area contributed by atoms with Crippen LogP contribution in [0.3, 0.4) is 0 Å². The summed E-state index contributed by atoms with van der Waals surface area (Å²) in [5, 5.41) is 17.7. The standard InChI is InChI=1S/C12H12N4O3/c1-7-13-10(16-15-7)11(17)14-9(12(18)19)8-5-3-2-4-6-8/h2-6,9H,1H3,(H,14,17)(H,18,19)(H,13,15,16). The topological polar surface area (TPSA) is 108 Å². The van der Waals surface area contributed by atoms with Crippen molar-refractivity contribution in [1.29, 1.82) is 0 Å². The van der Waals surface area contributed by atoms with E-state index in [1.807, 2.05) is 0 Å². The number of aliphatic carboxylic acids is 1. The molecule has 0 saturated heterocycles. The Labute approximate surface area is 108 Å². The average molecular weight is 260 g/mol. The number of aromatic nitrogens is 3. The van der Waals surface area contributed by atoms with Crippen LogP contribution in [0.25, 0.3) is 0 Å². The Bertz CT molecular complexity index is 594. The number of aryl methyl sites for hydroxylation is 1. The fourth-order valence-corrected chi connectivity index (χ4v) is 1.57. The molecule has 1 atom stereocenters. The molecule has 0 radical (unpaired) electrons. The highest BCUT2D eigenvalue weighted by molar-refractivity contribution is 5.93. The molecule has 1 unspecified atom stereocenters. The summed E-state index contributed by atoms with van der Waals surface area (Å²) in [6.07, 6.45) is 0. The van der Waals surface area contributed by atoms with Crippen molar-refractivity contribution in [3.05, 3.63) is 47.5 Å². The number of nitrogens with one attached hydrogen (secondary N) is 2. The van der Waals surface area contributed by atoms with Crippen molar-refractivity contribution in [1.82, 2.24) is 20.5 Å². The zero-order chi connectivity index (χ0) is 13.8. The molecule has 1 aromatic heterocycles. The van der Waals surface area contributed by atoms with Crippen LogP contribution in [0.2, 0.25) is 0 Å². The molecule has 0 spiro atoms. The third-order valence-corrected chi connectivity index (χ3v) is 2.46. The smallest absolute Gasteiger partial charge is 0.330 e. The summed E-state index contributed by atoms with van der Waals surface area (Å²) in [5.74, 6) is -1.39. The minimum absolute atomic E-state index is 0.0836. The second-order valence-electron chi connectivity index (χ2n) is 3.90. The Balaban J connectivity index is 2.18. The molecule has 7 heteroatoms. The van der Waals surface area contributed by atoms with Gasteiger partial charge in [0.05, 0.1) is 0 Å². The van der Waals surface area contributed by atoms with Crippen LogP contribution in [0, 0.1) is 6.92 Å². The highest BCUT2D eigenvalue weighted by Crippen LogP contribution is 2.13. The molecule has 1 heterocycles. The van der Waals surface area contributed by atoms with Gasteiger partial charge in [-0.3, -0.25) is 9.89 Å². The Morgan fingerprint density at radius 2 is 2.00 bits per heavy atom. The maximum absolute atomic E-state index is 11.8. The summed E-state index contributed by atoms with van der Waals surface area (Å²) >= 11 is 0. The quantitative estimate of drug-likeness (QED) is 0.748. The molecule has 1 amide bonds. The van der Waals surface area contributed by atoms with Gasteiger partial charge in [-0.2, -0.15) is 0 Å². The number of amides is 1. The van der Waals surface area contributed by atoms with E-state index in [0.29, 0.717) is 11.4 Å². The number of aromatic amines is 1. The molecule has 0 bridgehead atoms. The van der Waals surface area contributed by atoms with Gasteiger partial charge in [0.15, 0.2) is 6.04 Å². The van der Waals surface area contributed by atoms with Crippen LogP contribution in [-0.2, 0) is 4.79 Å². The number of carboxylic acid groups (broad SMARTS) is 1. The van der Waals surface area contributed by atoms with Gasteiger partial charge < -0.3 is 10.4 Å². The minimum Gasteiger partial charge on any atom is -0.479 e. The lowest BCUT2D eigenvalue weighted by atomic mass is 10.1. The summed E-state index contributed by atoms with van der Waals surface area (Å²) in [7, 11) is 0. The van der Waals surface area contributed by atoms with E-state index in [0.717, 1.165) is 0 Å². The van der Waals surface area contributed by atoms with Crippen LogP contribution in [0.4, 0.5) is 0 Å². The van der Waals surface area contributed by atoms with Crippen molar-refractivity contribution in [3.63, 3.8) is 0 Å². The lowest BCUT2D eigenvalue weighted by molar-refractivity contribution is -0.139. The van der Waals surface area contributed by atoms with E-state index >= 15 is 0 Å². The SMILES string of the molecule is Cc1nc(C(=O)NC(C(=O)O)c2ccccc2)n[nH]1. The predicted octanol–water partition coefficient (Wildman–Crippen LogP) is 0.669. The van der Waals surface area contributed by atoms with E-state index in [1.165, 1.54) is 0 Å². The van der Waals surface area contributed by atoms with Crippen LogP contribution in [0.1, 0.15) is 28.0 Å². The molecule has 0 aliphatic carbocycles. The Kier molecular flexibility index (Phi) is 3.56. The number of H-pyrrole nitrogens is 1. The minimum atomic E-state index is -1.15. The maximum Gasteiger partial charge on any atom is 0.330 e. The van der Waals surface area contributed by atoms with Crippen molar-refractivity contribution < 1.29 is 14.7 Å². The zero-order valence-corrected chi connectivity index (χ0v) is 10.1. The number of carbonyl (C=O) groups excluding carboxylic acids is 1. The molecule has 7 nitrogen and oxygen atoms in total. The molecule has 98 valence electrons. The van der Waals surface area contributed by atoms with E-state index in [1.54, 1.807) is 37.3 Å². The average Bonchev–Trinajstić information content (AvgIpc) is 2.83. The Morgan fingerprint density at radius 1 is 1.32 bits per heavy atom. The van der Waals surface area contributed by atoms with Crippen molar-refractivity contribution in [2.45, 2.75) is 13.0 Å². The number of carbonyl (C=O) groups is 2. The van der Waals surface area contributed by atoms with Gasteiger partial charge >= 0.3 is 5.97 Å². The van der Waals surface area contributed by atoms with Crippen LogP contribution in [0.5, 0.6) is 0 Å². The summed E-state index contributed by atoms with van der Waals surface area (Å²) in [4.78, 5) is 26.9. The highest BCUT2D eigenvalue weighted by Gasteiger charge is 2.24. The number of hydrogen-bond donors (Lipinski definition) is 3. The van der Waals surface area contributed by atoms with E-state index in [2.05, 4.69) is 20.5 Å². The fourth-order valence-electron chi connectivity index (χ4n) is 1.57. The third kappa shape index (κ3) is 2.95. The molecule has 2 aromatic rings. The summed E-state index contributed by atoms with van der Waals surface area (Å²) in [5.41, 5.74) is 0.482. The summed E-state index contributed by atoms with van der Waals surface area (Å²) < 4.78 is 0. The van der Waals surface area contributed by atoms with Crippen LogP contribution < -0.4 is 5.32 Å². The molecule has 0 fully saturated rings. The van der Waals surface area contributed by atoms with Gasteiger partial charge in [-0.25, -0.2) is 9.78 Å². The number of rotatable bonds is 4. The first-order chi connectivity index (χ1) is 9.08. The van der Waals surface area contributed by atoms with Crippen LogP contribution in [-0.4, -0.2) is 32.2 Å². The monoisotopic (exact) mass is 260 g/mol. The molecule has 2 rings (SSSR count). The van der Waals surface area contributed by atoms with E-state index in [-0.39, 0.29) is 5.82 Å². The highest BCUT2D eigenvalue weighted by atomic mass is 16.4. The molecule has 3 N–H and O–H groups in total. The Morgan fingerprint density at radius 3 is 2.53 bits per heavy atom. The molecule has 0 aliphatic rings. The lowest BCUT2D eigenvalue weighted by Gasteiger charge is -2.13. The van der Waals surface area contributed by atoms with Gasteiger partial charge in [-0.1, -0.05) is 30.3 Å². The van der Waals surface area contributed by atoms with Gasteiger partial charge in [-0.05, 0) is 12.5 Å². The number of nitrogens with zero attached hydrogens (tertiary/aromatic N) is 2. The fraction of sp³-hybridized carbons (Fsp3) is 0.167.